The molecule has 3 aliphatic rings. The number of hydrazine groups is 1. The number of aliphatic hydroxyl groups excluding tert-OH is 1. The predicted octanol–water partition coefficient (Wildman–Crippen LogP) is 2.07. The minimum atomic E-state index is -5.42. The fraction of sp³-hybridized carbons (Fsp3) is 0.417. The summed E-state index contributed by atoms with van der Waals surface area (Å²) in [5.41, 5.74) is 6.62. The highest BCUT2D eigenvalue weighted by molar-refractivity contribution is 6.18. The molecule has 2 unspecified atom stereocenters. The number of rotatable bonds is 4. The third-order valence-corrected chi connectivity index (χ3v) is 6.62. The zero-order chi connectivity index (χ0) is 28.0. The Balaban J connectivity index is 1.89. The lowest BCUT2D eigenvalue weighted by Crippen LogP contribution is -2.70. The Morgan fingerprint density at radius 3 is 2.37 bits per heavy atom. The molecule has 0 amide bonds. The number of nitrogens with one attached hydrogen (secondary N) is 1. The Morgan fingerprint density at radius 1 is 1.18 bits per heavy atom. The van der Waals surface area contributed by atoms with E-state index in [4.69, 9.17) is 15.5 Å². The topological polar surface area (TPSA) is 157 Å². The van der Waals surface area contributed by atoms with Gasteiger partial charge < -0.3 is 21.0 Å². The highest BCUT2D eigenvalue weighted by atomic mass is 19.4. The maximum atomic E-state index is 13.6. The lowest BCUT2D eigenvalue weighted by molar-refractivity contribution is -0.291. The number of carbonyl (C=O) groups is 4. The first kappa shape index (κ1) is 27.3. The Bertz CT molecular complexity index is 1260. The van der Waals surface area contributed by atoms with Gasteiger partial charge in [0.15, 0.2) is 23.0 Å². The average molecular weight is 539 g/mol. The van der Waals surface area contributed by atoms with Gasteiger partial charge in [0.25, 0.3) is 0 Å². The number of nitrogens with zero attached hydrogens (tertiary/aromatic N) is 1. The first-order valence-corrected chi connectivity index (χ1v) is 11.6. The molecular formula is C24H24F3N3O8. The highest BCUT2D eigenvalue weighted by Gasteiger charge is 2.53. The van der Waals surface area contributed by atoms with Gasteiger partial charge in [0.2, 0.25) is 0 Å². The number of alkyl halides is 3. The Morgan fingerprint density at radius 2 is 1.79 bits per heavy atom. The molecule has 11 nitrogen and oxygen atoms in total. The molecule has 0 radical (unpaired) electrons. The lowest BCUT2D eigenvalue weighted by atomic mass is 9.69. The number of ether oxygens (including phenoxy) is 1. The van der Waals surface area contributed by atoms with Crippen LogP contribution >= 0.6 is 0 Å². The Kier molecular flexibility index (Phi) is 7.07. The molecule has 1 aromatic carbocycles. The second kappa shape index (κ2) is 9.85. The van der Waals surface area contributed by atoms with Gasteiger partial charge in [-0.25, -0.2) is 9.59 Å². The van der Waals surface area contributed by atoms with Gasteiger partial charge in [-0.15, -0.1) is 0 Å². The molecule has 1 fully saturated rings. The standard InChI is InChI=1S/C24H24F3N3O8/c1-11(2)23(28)21(34)38-36-9-5-8-30(23)29-18-15(37-22(35)24(25,26)27)10-14(31)16-17(18)20(33)13-7-4-3-6-12(13)19(16)32/h3-4,6-7,10-11,16-17,29,31H,5,8-9,28H2,1-2H3/t16?,17?,23-/m1/s1. The normalized spacial score (nSPS) is 26.6. The molecule has 1 heterocycles. The first-order chi connectivity index (χ1) is 17.8. The monoisotopic (exact) mass is 539 g/mol. The summed E-state index contributed by atoms with van der Waals surface area (Å²) in [6.07, 6.45) is -4.55. The molecule has 38 heavy (non-hydrogen) atoms. The molecule has 1 aliphatic heterocycles. The summed E-state index contributed by atoms with van der Waals surface area (Å²) in [5.74, 6) is -10.6. The lowest BCUT2D eigenvalue weighted by Gasteiger charge is -2.45. The Labute approximate surface area is 213 Å². The number of esters is 1. The molecule has 0 bridgehead atoms. The van der Waals surface area contributed by atoms with Crippen molar-refractivity contribution in [1.82, 2.24) is 10.4 Å². The number of benzene rings is 1. The number of fused-ring (bicyclic) bond motifs is 2. The minimum absolute atomic E-state index is 0.0103. The summed E-state index contributed by atoms with van der Waals surface area (Å²) >= 11 is 0. The van der Waals surface area contributed by atoms with Crippen LogP contribution < -0.4 is 11.2 Å². The third-order valence-electron chi connectivity index (χ3n) is 6.62. The minimum Gasteiger partial charge on any atom is -0.511 e. The summed E-state index contributed by atoms with van der Waals surface area (Å²) in [6, 6.07) is 5.74. The summed E-state index contributed by atoms with van der Waals surface area (Å²) in [4.78, 5) is 61.1. The highest BCUT2D eigenvalue weighted by Crippen LogP contribution is 2.42. The third kappa shape index (κ3) is 4.54. The van der Waals surface area contributed by atoms with E-state index in [-0.39, 0.29) is 30.7 Å². The van der Waals surface area contributed by atoms with E-state index in [9.17, 15) is 37.5 Å². The SMILES string of the molecule is CC(C)[C@]1(N)C(=O)OOCCCN1NC1=C(OC(=O)C(F)(F)F)C=C(O)C2C(=O)c3ccccc3C(=O)C12. The second-order valence-electron chi connectivity index (χ2n) is 9.25. The zero-order valence-electron chi connectivity index (χ0n) is 20.2. The number of nitrogens with two attached hydrogens (primary N) is 1. The second-order valence-corrected chi connectivity index (χ2v) is 9.25. The number of halogens is 3. The fourth-order valence-corrected chi connectivity index (χ4v) is 4.56. The van der Waals surface area contributed by atoms with Gasteiger partial charge in [-0.3, -0.25) is 14.5 Å². The van der Waals surface area contributed by atoms with Gasteiger partial charge >= 0.3 is 18.1 Å². The number of aliphatic hydroxyl groups is 1. The van der Waals surface area contributed by atoms with Crippen LogP contribution in [0.5, 0.6) is 0 Å². The van der Waals surface area contributed by atoms with Crippen molar-refractivity contribution < 1.29 is 52.0 Å². The van der Waals surface area contributed by atoms with Crippen LogP contribution in [0.3, 0.4) is 0 Å². The van der Waals surface area contributed by atoms with Crippen molar-refractivity contribution in [1.29, 1.82) is 0 Å². The van der Waals surface area contributed by atoms with Gasteiger partial charge in [-0.2, -0.15) is 23.1 Å². The molecule has 204 valence electrons. The van der Waals surface area contributed by atoms with Crippen LogP contribution in [0.2, 0.25) is 0 Å². The molecule has 2 aliphatic carbocycles. The van der Waals surface area contributed by atoms with E-state index in [1.165, 1.54) is 24.3 Å². The zero-order valence-corrected chi connectivity index (χ0v) is 20.2. The van der Waals surface area contributed by atoms with Crippen LogP contribution in [-0.2, 0) is 24.1 Å². The molecule has 4 N–H and O–H groups in total. The number of allylic oxidation sites excluding steroid dienone is 3. The molecule has 1 aromatic rings. The number of hydrogen-bond acceptors (Lipinski definition) is 11. The fourth-order valence-electron chi connectivity index (χ4n) is 4.56. The van der Waals surface area contributed by atoms with Gasteiger partial charge in [0.05, 0.1) is 24.1 Å². The summed E-state index contributed by atoms with van der Waals surface area (Å²) in [7, 11) is 0. The van der Waals surface area contributed by atoms with Gasteiger partial charge in [0.1, 0.15) is 5.76 Å². The van der Waals surface area contributed by atoms with Crippen LogP contribution in [0.4, 0.5) is 13.2 Å². The Hall–Kier alpha value is -3.75. The molecule has 0 saturated carbocycles. The van der Waals surface area contributed by atoms with Crippen molar-refractivity contribution in [2.45, 2.75) is 32.1 Å². The van der Waals surface area contributed by atoms with Crippen LogP contribution in [0, 0.1) is 17.8 Å². The van der Waals surface area contributed by atoms with Crippen molar-refractivity contribution >= 4 is 23.5 Å². The molecular weight excluding hydrogens is 515 g/mol. The molecule has 1 saturated heterocycles. The van der Waals surface area contributed by atoms with Crippen LogP contribution in [-0.4, -0.2) is 58.6 Å². The van der Waals surface area contributed by atoms with E-state index in [2.05, 4.69) is 10.2 Å². The number of Topliss-reactive ketones (excluding diaryl/α,β-unsaturated/α-hetero) is 2. The molecule has 0 spiro atoms. The van der Waals surface area contributed by atoms with E-state index in [1.807, 2.05) is 0 Å². The molecule has 0 aromatic heterocycles. The number of ketones is 2. The summed E-state index contributed by atoms with van der Waals surface area (Å²) < 4.78 is 43.9. The maximum absolute atomic E-state index is 13.6. The van der Waals surface area contributed by atoms with Crippen molar-refractivity contribution in [3.63, 3.8) is 0 Å². The van der Waals surface area contributed by atoms with E-state index in [0.717, 1.165) is 5.01 Å². The van der Waals surface area contributed by atoms with Gasteiger partial charge in [-0.05, 0) is 12.3 Å². The smallest absolute Gasteiger partial charge is 0.491 e. The van der Waals surface area contributed by atoms with E-state index >= 15 is 0 Å². The largest absolute Gasteiger partial charge is 0.511 e. The van der Waals surface area contributed by atoms with Gasteiger partial charge in [-0.1, -0.05) is 38.1 Å². The van der Waals surface area contributed by atoms with Crippen molar-refractivity contribution in [2.75, 3.05) is 13.2 Å². The average Bonchev–Trinajstić information content (AvgIpc) is 2.85. The maximum Gasteiger partial charge on any atom is 0.491 e. The van der Waals surface area contributed by atoms with Crippen molar-refractivity contribution in [2.24, 2.45) is 23.5 Å². The van der Waals surface area contributed by atoms with Crippen LogP contribution in [0.15, 0.2) is 47.6 Å². The molecule has 3 atom stereocenters. The quantitative estimate of drug-likeness (QED) is 0.380. The van der Waals surface area contributed by atoms with E-state index in [0.29, 0.717) is 6.08 Å². The van der Waals surface area contributed by atoms with Crippen LogP contribution in [0.25, 0.3) is 0 Å². The van der Waals surface area contributed by atoms with Gasteiger partial charge in [0, 0.05) is 23.7 Å². The summed E-state index contributed by atoms with van der Waals surface area (Å²) in [6.45, 7) is 3.04. The van der Waals surface area contributed by atoms with E-state index in [1.54, 1.807) is 13.8 Å². The van der Waals surface area contributed by atoms with E-state index < -0.39 is 70.3 Å². The first-order valence-electron chi connectivity index (χ1n) is 11.6. The molecule has 4 rings (SSSR count). The predicted molar refractivity (Wildman–Crippen MR) is 120 cm³/mol. The molecule has 14 heteroatoms. The van der Waals surface area contributed by atoms with Crippen molar-refractivity contribution in [3.05, 3.63) is 58.7 Å². The van der Waals surface area contributed by atoms with Crippen molar-refractivity contribution in [3.8, 4) is 0 Å². The van der Waals surface area contributed by atoms with Crippen LogP contribution in [0.1, 0.15) is 41.0 Å². The number of hydrogen-bond donors (Lipinski definition) is 3. The summed E-state index contributed by atoms with van der Waals surface area (Å²) in [5, 5.41) is 11.8. The number of carbonyl (C=O) groups excluding carboxylic acids is 4.